The molecule has 1 atom stereocenters. The van der Waals surface area contributed by atoms with Crippen LogP contribution in [0.1, 0.15) is 18.4 Å². The molecule has 1 unspecified atom stereocenters. The monoisotopic (exact) mass is 302 g/mol. The quantitative estimate of drug-likeness (QED) is 0.869. The van der Waals surface area contributed by atoms with Gasteiger partial charge in [0.15, 0.2) is 0 Å². The van der Waals surface area contributed by atoms with Crippen LogP contribution in [0.25, 0.3) is 0 Å². The van der Waals surface area contributed by atoms with E-state index in [1.54, 1.807) is 4.90 Å². The van der Waals surface area contributed by atoms with E-state index in [9.17, 15) is 13.2 Å². The number of anilines is 1. The molecule has 0 saturated heterocycles. The highest BCUT2D eigenvalue weighted by atomic mass is 32.1. The maximum atomic E-state index is 13.0. The van der Waals surface area contributed by atoms with Gasteiger partial charge in [0, 0.05) is 18.8 Å². The van der Waals surface area contributed by atoms with E-state index < -0.39 is 17.1 Å². The summed E-state index contributed by atoms with van der Waals surface area (Å²) in [6, 6.07) is 7.60. The zero-order valence-electron chi connectivity index (χ0n) is 11.0. The summed E-state index contributed by atoms with van der Waals surface area (Å²) in [7, 11) is 0. The number of para-hydroxylation sites is 1. The summed E-state index contributed by atoms with van der Waals surface area (Å²) in [5.41, 5.74) is 7.25. The summed E-state index contributed by atoms with van der Waals surface area (Å²) >= 11 is 4.60. The standard InChI is InChI=1S/C14H17F3N2S/c15-14(16,17)11(13(18)20)9-19-8-4-3-6-10-5-1-2-7-12(10)19/h1-2,5,7,11H,3-4,6,8-9H2,(H2,18,20). The molecular weight excluding hydrogens is 285 g/mol. The van der Waals surface area contributed by atoms with Gasteiger partial charge < -0.3 is 10.6 Å². The van der Waals surface area contributed by atoms with Gasteiger partial charge in [0.05, 0.1) is 4.99 Å². The predicted octanol–water partition coefficient (Wildman–Crippen LogP) is 3.29. The zero-order chi connectivity index (χ0) is 14.8. The largest absolute Gasteiger partial charge is 0.399 e. The molecule has 0 amide bonds. The molecule has 2 nitrogen and oxygen atoms in total. The Kier molecular flexibility index (Phi) is 4.52. The van der Waals surface area contributed by atoms with Crippen molar-refractivity contribution in [2.24, 2.45) is 11.7 Å². The Morgan fingerprint density at radius 1 is 1.30 bits per heavy atom. The first-order valence-corrected chi connectivity index (χ1v) is 6.99. The van der Waals surface area contributed by atoms with Crippen LogP contribution in [0.4, 0.5) is 18.9 Å². The molecule has 1 heterocycles. The highest BCUT2D eigenvalue weighted by molar-refractivity contribution is 7.80. The summed E-state index contributed by atoms with van der Waals surface area (Å²) in [6.07, 6.45) is -1.64. The molecule has 0 spiro atoms. The lowest BCUT2D eigenvalue weighted by atomic mass is 10.1. The molecule has 1 aromatic carbocycles. The van der Waals surface area contributed by atoms with E-state index in [0.29, 0.717) is 6.54 Å². The fourth-order valence-corrected chi connectivity index (χ4v) is 2.74. The van der Waals surface area contributed by atoms with Crippen LogP contribution in [0.15, 0.2) is 24.3 Å². The van der Waals surface area contributed by atoms with E-state index in [4.69, 9.17) is 5.73 Å². The summed E-state index contributed by atoms with van der Waals surface area (Å²) in [5.74, 6) is -1.76. The van der Waals surface area contributed by atoms with Crippen molar-refractivity contribution in [1.82, 2.24) is 0 Å². The van der Waals surface area contributed by atoms with Crippen LogP contribution in [-0.2, 0) is 6.42 Å². The predicted molar refractivity (Wildman–Crippen MR) is 77.9 cm³/mol. The first-order chi connectivity index (χ1) is 9.39. The number of thiocarbonyl (C=S) groups is 1. The van der Waals surface area contributed by atoms with Crippen molar-refractivity contribution in [3.63, 3.8) is 0 Å². The average Bonchev–Trinajstić information content (AvgIpc) is 2.56. The third-order valence-electron chi connectivity index (χ3n) is 3.60. The Labute approximate surface area is 121 Å². The van der Waals surface area contributed by atoms with Crippen molar-refractivity contribution >= 4 is 22.9 Å². The summed E-state index contributed by atoms with van der Waals surface area (Å²) in [4.78, 5) is 1.28. The lowest BCUT2D eigenvalue weighted by molar-refractivity contribution is -0.152. The maximum absolute atomic E-state index is 13.0. The topological polar surface area (TPSA) is 29.3 Å². The van der Waals surface area contributed by atoms with Crippen molar-refractivity contribution < 1.29 is 13.2 Å². The van der Waals surface area contributed by atoms with Crippen molar-refractivity contribution in [2.75, 3.05) is 18.0 Å². The molecule has 110 valence electrons. The minimum atomic E-state index is -4.40. The molecule has 2 N–H and O–H groups in total. The molecule has 1 aliphatic heterocycles. The molecule has 0 bridgehead atoms. The third-order valence-corrected chi connectivity index (χ3v) is 3.88. The number of fused-ring (bicyclic) bond motifs is 1. The Balaban J connectivity index is 2.26. The second-order valence-corrected chi connectivity index (χ2v) is 5.50. The van der Waals surface area contributed by atoms with Crippen LogP contribution in [0.3, 0.4) is 0 Å². The molecular formula is C14H17F3N2S. The number of aryl methyl sites for hydroxylation is 1. The Hall–Kier alpha value is -1.30. The molecule has 0 aromatic heterocycles. The van der Waals surface area contributed by atoms with Gasteiger partial charge in [-0.2, -0.15) is 13.2 Å². The first kappa shape index (κ1) is 15.1. The van der Waals surface area contributed by atoms with E-state index in [0.717, 1.165) is 30.5 Å². The number of hydrogen-bond acceptors (Lipinski definition) is 2. The van der Waals surface area contributed by atoms with Crippen LogP contribution in [-0.4, -0.2) is 24.3 Å². The van der Waals surface area contributed by atoms with E-state index in [-0.39, 0.29) is 6.54 Å². The highest BCUT2D eigenvalue weighted by Crippen LogP contribution is 2.32. The van der Waals surface area contributed by atoms with Gasteiger partial charge in [-0.05, 0) is 30.9 Å². The lowest BCUT2D eigenvalue weighted by Gasteiger charge is -2.30. The molecule has 0 saturated carbocycles. The first-order valence-electron chi connectivity index (χ1n) is 6.58. The summed E-state index contributed by atoms with van der Waals surface area (Å²) in [6.45, 7) is 0.405. The Morgan fingerprint density at radius 3 is 2.65 bits per heavy atom. The number of alkyl halides is 3. The lowest BCUT2D eigenvalue weighted by Crippen LogP contribution is -2.44. The number of nitrogens with zero attached hydrogens (tertiary/aromatic N) is 1. The molecule has 1 aliphatic rings. The van der Waals surface area contributed by atoms with Crippen molar-refractivity contribution in [1.29, 1.82) is 0 Å². The van der Waals surface area contributed by atoms with Gasteiger partial charge in [-0.25, -0.2) is 0 Å². The van der Waals surface area contributed by atoms with Gasteiger partial charge in [-0.3, -0.25) is 0 Å². The number of nitrogens with two attached hydrogens (primary N) is 1. The van der Waals surface area contributed by atoms with Gasteiger partial charge in [0.1, 0.15) is 5.92 Å². The van der Waals surface area contributed by atoms with Gasteiger partial charge in [-0.15, -0.1) is 0 Å². The number of halogens is 3. The number of benzene rings is 1. The fourth-order valence-electron chi connectivity index (χ4n) is 2.53. The molecule has 6 heteroatoms. The van der Waals surface area contributed by atoms with Crippen LogP contribution in [0.2, 0.25) is 0 Å². The molecule has 1 aromatic rings. The van der Waals surface area contributed by atoms with E-state index in [1.165, 1.54) is 0 Å². The van der Waals surface area contributed by atoms with Gasteiger partial charge >= 0.3 is 6.18 Å². The normalized spacial score (nSPS) is 17.2. The summed E-state index contributed by atoms with van der Waals surface area (Å²) < 4.78 is 39.0. The average molecular weight is 302 g/mol. The molecule has 20 heavy (non-hydrogen) atoms. The van der Waals surface area contributed by atoms with Crippen molar-refractivity contribution in [2.45, 2.75) is 25.4 Å². The van der Waals surface area contributed by atoms with E-state index in [2.05, 4.69) is 12.2 Å². The smallest absolute Gasteiger partial charge is 0.393 e. The third kappa shape index (κ3) is 3.42. The van der Waals surface area contributed by atoms with Crippen LogP contribution in [0, 0.1) is 5.92 Å². The molecule has 2 rings (SSSR count). The molecule has 0 radical (unpaired) electrons. The SMILES string of the molecule is NC(=S)C(CN1CCCCc2ccccc21)C(F)(F)F. The van der Waals surface area contributed by atoms with Crippen LogP contribution < -0.4 is 10.6 Å². The maximum Gasteiger partial charge on any atom is 0.399 e. The van der Waals surface area contributed by atoms with Crippen LogP contribution >= 0.6 is 12.2 Å². The minimum absolute atomic E-state index is 0.199. The van der Waals surface area contributed by atoms with E-state index in [1.807, 2.05) is 24.3 Å². The Morgan fingerprint density at radius 2 is 2.00 bits per heavy atom. The van der Waals surface area contributed by atoms with Gasteiger partial charge in [0.2, 0.25) is 0 Å². The zero-order valence-corrected chi connectivity index (χ0v) is 11.8. The second-order valence-electron chi connectivity index (χ2n) is 5.03. The molecule has 0 aliphatic carbocycles. The molecule has 0 fully saturated rings. The fraction of sp³-hybridized carbons (Fsp3) is 0.500. The summed E-state index contributed by atoms with van der Waals surface area (Å²) in [5, 5.41) is 0. The second kappa shape index (κ2) is 5.99. The van der Waals surface area contributed by atoms with Crippen molar-refractivity contribution in [3.8, 4) is 0 Å². The van der Waals surface area contributed by atoms with Gasteiger partial charge in [-0.1, -0.05) is 30.4 Å². The highest BCUT2D eigenvalue weighted by Gasteiger charge is 2.42. The van der Waals surface area contributed by atoms with E-state index >= 15 is 0 Å². The van der Waals surface area contributed by atoms with Crippen LogP contribution in [0.5, 0.6) is 0 Å². The Bertz CT molecular complexity index is 488. The minimum Gasteiger partial charge on any atom is -0.393 e. The number of rotatable bonds is 3. The van der Waals surface area contributed by atoms with Gasteiger partial charge in [0.25, 0.3) is 0 Å². The number of hydrogen-bond donors (Lipinski definition) is 1. The van der Waals surface area contributed by atoms with Crippen molar-refractivity contribution in [3.05, 3.63) is 29.8 Å².